The first-order valence-corrected chi connectivity index (χ1v) is 8.93. The van der Waals surface area contributed by atoms with Crippen molar-refractivity contribution >= 4 is 0 Å². The lowest BCUT2D eigenvalue weighted by Crippen LogP contribution is -2.20. The smallest absolute Gasteiger partial charge is 0.0549 e. The van der Waals surface area contributed by atoms with Crippen LogP contribution in [0.15, 0.2) is 0 Å². The minimum absolute atomic E-state index is 0.507. The fourth-order valence-electron chi connectivity index (χ4n) is 5.07. The van der Waals surface area contributed by atoms with E-state index in [0.29, 0.717) is 6.10 Å². The summed E-state index contributed by atoms with van der Waals surface area (Å²) in [5, 5.41) is 0. The first-order valence-electron chi connectivity index (χ1n) is 8.93. The zero-order valence-electron chi connectivity index (χ0n) is 12.8. The summed E-state index contributed by atoms with van der Waals surface area (Å²) >= 11 is 0. The molecule has 1 heteroatoms. The first kappa shape index (κ1) is 13.9. The van der Waals surface area contributed by atoms with Crippen molar-refractivity contribution in [2.24, 2.45) is 23.7 Å². The average Bonchev–Trinajstić information content (AvgIpc) is 3.02. The number of fused-ring (bicyclic) bond motifs is 2. The van der Waals surface area contributed by atoms with Crippen LogP contribution in [0.5, 0.6) is 0 Å². The van der Waals surface area contributed by atoms with Gasteiger partial charge in [-0.15, -0.1) is 0 Å². The molecule has 0 aromatic rings. The molecule has 2 bridgehead atoms. The van der Waals surface area contributed by atoms with Crippen molar-refractivity contribution in [1.82, 2.24) is 0 Å². The standard InChI is InChI=1S/C18H32O/c1-14(11-18-13-16-7-8-17(18)12-16)19-10-9-15-5-3-2-4-6-15/h14-18H,2-13H2,1H3. The second-order valence-corrected chi connectivity index (χ2v) is 7.64. The summed E-state index contributed by atoms with van der Waals surface area (Å²) in [6.07, 6.45) is 16.6. The molecule has 0 radical (unpaired) electrons. The Morgan fingerprint density at radius 2 is 1.84 bits per heavy atom. The Morgan fingerprint density at radius 1 is 1.00 bits per heavy atom. The summed E-state index contributed by atoms with van der Waals surface area (Å²) < 4.78 is 6.11. The molecule has 3 rings (SSSR count). The van der Waals surface area contributed by atoms with Crippen molar-refractivity contribution in [2.45, 2.75) is 83.7 Å². The van der Waals surface area contributed by atoms with Crippen molar-refractivity contribution in [3.63, 3.8) is 0 Å². The van der Waals surface area contributed by atoms with E-state index in [1.54, 1.807) is 6.42 Å². The van der Waals surface area contributed by atoms with Gasteiger partial charge in [0.2, 0.25) is 0 Å². The zero-order chi connectivity index (χ0) is 13.1. The minimum Gasteiger partial charge on any atom is -0.378 e. The van der Waals surface area contributed by atoms with Gasteiger partial charge in [-0.2, -0.15) is 0 Å². The maximum Gasteiger partial charge on any atom is 0.0549 e. The third-order valence-corrected chi connectivity index (χ3v) is 6.17. The summed E-state index contributed by atoms with van der Waals surface area (Å²) in [6.45, 7) is 3.33. The van der Waals surface area contributed by atoms with Crippen molar-refractivity contribution in [1.29, 1.82) is 0 Å². The Balaban J connectivity index is 1.29. The molecule has 0 aromatic heterocycles. The molecule has 3 aliphatic rings. The van der Waals surface area contributed by atoms with E-state index in [0.717, 1.165) is 30.3 Å². The first-order chi connectivity index (χ1) is 9.31. The van der Waals surface area contributed by atoms with Gasteiger partial charge in [-0.3, -0.25) is 0 Å². The van der Waals surface area contributed by atoms with E-state index in [2.05, 4.69) is 6.92 Å². The number of ether oxygens (including phenoxy) is 1. The quantitative estimate of drug-likeness (QED) is 0.641. The van der Waals surface area contributed by atoms with E-state index < -0.39 is 0 Å². The molecular formula is C18H32O. The highest BCUT2D eigenvalue weighted by atomic mass is 16.5. The highest BCUT2D eigenvalue weighted by Gasteiger charge is 2.39. The Bertz CT molecular complexity index is 269. The van der Waals surface area contributed by atoms with Crippen LogP contribution in [0, 0.1) is 23.7 Å². The van der Waals surface area contributed by atoms with Gasteiger partial charge in [0, 0.05) is 6.61 Å². The van der Waals surface area contributed by atoms with Crippen LogP contribution in [0.1, 0.15) is 77.6 Å². The predicted molar refractivity (Wildman–Crippen MR) is 80.2 cm³/mol. The van der Waals surface area contributed by atoms with Gasteiger partial charge in [0.1, 0.15) is 0 Å². The molecule has 0 aliphatic heterocycles. The van der Waals surface area contributed by atoms with Crippen LogP contribution in [0.4, 0.5) is 0 Å². The normalized spacial score (nSPS) is 36.8. The minimum atomic E-state index is 0.507. The van der Waals surface area contributed by atoms with Crippen molar-refractivity contribution in [2.75, 3.05) is 6.61 Å². The van der Waals surface area contributed by atoms with E-state index >= 15 is 0 Å². The molecule has 110 valence electrons. The van der Waals surface area contributed by atoms with Gasteiger partial charge < -0.3 is 4.74 Å². The molecule has 3 saturated carbocycles. The summed E-state index contributed by atoms with van der Waals surface area (Å²) in [7, 11) is 0. The van der Waals surface area contributed by atoms with E-state index in [9.17, 15) is 0 Å². The summed E-state index contributed by atoms with van der Waals surface area (Å²) in [5.74, 6) is 4.13. The second-order valence-electron chi connectivity index (χ2n) is 7.64. The van der Waals surface area contributed by atoms with Gasteiger partial charge in [-0.05, 0) is 62.7 Å². The largest absolute Gasteiger partial charge is 0.378 e. The fraction of sp³-hybridized carbons (Fsp3) is 1.00. The molecule has 0 amide bonds. The van der Waals surface area contributed by atoms with E-state index in [1.165, 1.54) is 64.2 Å². The Labute approximate surface area is 119 Å². The molecule has 0 heterocycles. The second kappa shape index (κ2) is 6.61. The summed E-state index contributed by atoms with van der Waals surface area (Å²) in [6, 6.07) is 0. The fourth-order valence-corrected chi connectivity index (χ4v) is 5.07. The molecule has 0 aromatic carbocycles. The molecule has 19 heavy (non-hydrogen) atoms. The molecule has 0 N–H and O–H groups in total. The lowest BCUT2D eigenvalue weighted by molar-refractivity contribution is 0.0318. The Hall–Kier alpha value is -0.0400. The molecule has 3 aliphatic carbocycles. The molecule has 0 saturated heterocycles. The predicted octanol–water partition coefficient (Wildman–Crippen LogP) is 5.19. The molecule has 4 unspecified atom stereocenters. The molecule has 1 nitrogen and oxygen atoms in total. The molecule has 0 spiro atoms. The van der Waals surface area contributed by atoms with Crippen LogP contribution in [0.2, 0.25) is 0 Å². The van der Waals surface area contributed by atoms with Crippen LogP contribution in [0.25, 0.3) is 0 Å². The van der Waals surface area contributed by atoms with Crippen LogP contribution in [-0.2, 0) is 4.74 Å². The highest BCUT2D eigenvalue weighted by Crippen LogP contribution is 2.50. The zero-order valence-corrected chi connectivity index (χ0v) is 12.8. The summed E-state index contributed by atoms with van der Waals surface area (Å²) in [5.41, 5.74) is 0. The van der Waals surface area contributed by atoms with Gasteiger partial charge in [-0.25, -0.2) is 0 Å². The van der Waals surface area contributed by atoms with E-state index in [4.69, 9.17) is 4.74 Å². The van der Waals surface area contributed by atoms with Gasteiger partial charge >= 0.3 is 0 Å². The third-order valence-electron chi connectivity index (χ3n) is 6.17. The van der Waals surface area contributed by atoms with Crippen molar-refractivity contribution in [3.05, 3.63) is 0 Å². The maximum atomic E-state index is 6.11. The van der Waals surface area contributed by atoms with E-state index in [1.807, 2.05) is 0 Å². The summed E-state index contributed by atoms with van der Waals surface area (Å²) in [4.78, 5) is 0. The van der Waals surface area contributed by atoms with Gasteiger partial charge in [0.05, 0.1) is 6.10 Å². The van der Waals surface area contributed by atoms with Gasteiger partial charge in [-0.1, -0.05) is 38.5 Å². The number of hydrogen-bond donors (Lipinski definition) is 0. The Kier molecular flexibility index (Phi) is 4.84. The highest BCUT2D eigenvalue weighted by molar-refractivity contribution is 4.90. The van der Waals surface area contributed by atoms with Crippen LogP contribution >= 0.6 is 0 Å². The average molecular weight is 264 g/mol. The SMILES string of the molecule is CC(CC1CC2CCC1C2)OCCC1CCCCC1. The lowest BCUT2D eigenvalue weighted by Gasteiger charge is -2.26. The van der Waals surface area contributed by atoms with Gasteiger partial charge in [0.15, 0.2) is 0 Å². The van der Waals surface area contributed by atoms with Gasteiger partial charge in [0.25, 0.3) is 0 Å². The lowest BCUT2D eigenvalue weighted by atomic mass is 9.85. The Morgan fingerprint density at radius 3 is 2.53 bits per heavy atom. The topological polar surface area (TPSA) is 9.23 Å². The van der Waals surface area contributed by atoms with Crippen LogP contribution < -0.4 is 0 Å². The molecule has 4 atom stereocenters. The van der Waals surface area contributed by atoms with Crippen LogP contribution in [0.3, 0.4) is 0 Å². The monoisotopic (exact) mass is 264 g/mol. The third kappa shape index (κ3) is 3.74. The number of hydrogen-bond acceptors (Lipinski definition) is 1. The number of rotatable bonds is 6. The van der Waals surface area contributed by atoms with E-state index in [-0.39, 0.29) is 0 Å². The maximum absolute atomic E-state index is 6.11. The van der Waals surface area contributed by atoms with Crippen molar-refractivity contribution < 1.29 is 4.74 Å². The van der Waals surface area contributed by atoms with Crippen molar-refractivity contribution in [3.8, 4) is 0 Å². The van der Waals surface area contributed by atoms with Crippen LogP contribution in [-0.4, -0.2) is 12.7 Å². The molecule has 3 fully saturated rings. The molecular weight excluding hydrogens is 232 g/mol.